The van der Waals surface area contributed by atoms with Crippen LogP contribution >= 0.6 is 11.3 Å². The number of carboxylic acid groups (broad SMARTS) is 1. The van der Waals surface area contributed by atoms with Crippen LogP contribution in [0.1, 0.15) is 60.8 Å². The van der Waals surface area contributed by atoms with Gasteiger partial charge in [-0.1, -0.05) is 27.2 Å². The van der Waals surface area contributed by atoms with Gasteiger partial charge in [-0.25, -0.2) is 4.79 Å². The molecule has 0 bridgehead atoms. The summed E-state index contributed by atoms with van der Waals surface area (Å²) >= 11 is 1.44. The summed E-state index contributed by atoms with van der Waals surface area (Å²) in [6.07, 6.45) is 4.87. The summed E-state index contributed by atoms with van der Waals surface area (Å²) in [4.78, 5) is 27.3. The van der Waals surface area contributed by atoms with Gasteiger partial charge in [-0.2, -0.15) is 0 Å². The quantitative estimate of drug-likeness (QED) is 0.749. The number of unbranched alkanes of at least 4 members (excludes halogenated alkanes) is 1. The summed E-state index contributed by atoms with van der Waals surface area (Å²) in [7, 11) is 0. The van der Waals surface area contributed by atoms with Crippen LogP contribution in [0.2, 0.25) is 0 Å². The molecule has 0 radical (unpaired) electrons. The van der Waals surface area contributed by atoms with Crippen LogP contribution < -0.4 is 5.32 Å². The Labute approximate surface area is 148 Å². The summed E-state index contributed by atoms with van der Waals surface area (Å²) in [5, 5.41) is 13.0. The molecule has 5 nitrogen and oxygen atoms in total. The Kier molecular flexibility index (Phi) is 6.80. The lowest BCUT2D eigenvalue weighted by molar-refractivity contribution is -0.117. The molecule has 1 atom stereocenters. The molecule has 0 saturated heterocycles. The van der Waals surface area contributed by atoms with Crippen LogP contribution in [0.3, 0.4) is 0 Å². The molecule has 1 aromatic heterocycles. The molecular weight excluding hydrogens is 324 g/mol. The molecule has 0 aliphatic heterocycles. The van der Waals surface area contributed by atoms with Crippen LogP contribution in [0.25, 0.3) is 0 Å². The van der Waals surface area contributed by atoms with Crippen molar-refractivity contribution in [1.29, 1.82) is 0 Å². The van der Waals surface area contributed by atoms with E-state index in [9.17, 15) is 14.7 Å². The van der Waals surface area contributed by atoms with E-state index in [1.165, 1.54) is 11.3 Å². The maximum absolute atomic E-state index is 12.4. The van der Waals surface area contributed by atoms with Crippen molar-refractivity contribution in [1.82, 2.24) is 4.90 Å². The number of rotatable bonds is 8. The second kappa shape index (κ2) is 8.62. The highest BCUT2D eigenvalue weighted by Crippen LogP contribution is 2.39. The lowest BCUT2D eigenvalue weighted by Gasteiger charge is -2.19. The molecule has 0 saturated carbocycles. The number of thiophene rings is 1. The molecule has 6 heteroatoms. The zero-order valence-corrected chi connectivity index (χ0v) is 15.7. The van der Waals surface area contributed by atoms with Crippen LogP contribution in [0.5, 0.6) is 0 Å². The monoisotopic (exact) mass is 352 g/mol. The van der Waals surface area contributed by atoms with E-state index in [0.717, 1.165) is 55.6 Å². The Hall–Kier alpha value is -1.40. The molecule has 2 rings (SSSR count). The molecule has 0 aromatic carbocycles. The number of hydrogen-bond acceptors (Lipinski definition) is 4. The van der Waals surface area contributed by atoms with E-state index in [1.54, 1.807) is 0 Å². The van der Waals surface area contributed by atoms with Gasteiger partial charge < -0.3 is 10.4 Å². The number of carboxylic acids is 1. The second-order valence-electron chi connectivity index (χ2n) is 6.63. The van der Waals surface area contributed by atoms with E-state index >= 15 is 0 Å². The highest BCUT2D eigenvalue weighted by molar-refractivity contribution is 7.17. The molecular formula is C18H28N2O3S. The molecule has 2 N–H and O–H groups in total. The Balaban J connectivity index is 2.11. The fraction of sp³-hybridized carbons (Fsp3) is 0.667. The Bertz CT molecular complexity index is 597. The minimum Gasteiger partial charge on any atom is -0.478 e. The minimum absolute atomic E-state index is 0.123. The fourth-order valence-corrected chi connectivity index (χ4v) is 4.58. The van der Waals surface area contributed by atoms with Crippen molar-refractivity contribution in [2.24, 2.45) is 5.92 Å². The van der Waals surface area contributed by atoms with E-state index in [1.807, 2.05) is 6.92 Å². The first-order chi connectivity index (χ1) is 11.5. The van der Waals surface area contributed by atoms with E-state index in [4.69, 9.17) is 0 Å². The van der Waals surface area contributed by atoms with Crippen LogP contribution in [-0.2, 0) is 17.6 Å². The van der Waals surface area contributed by atoms with Gasteiger partial charge in [0.25, 0.3) is 0 Å². The van der Waals surface area contributed by atoms with Crippen molar-refractivity contribution < 1.29 is 14.7 Å². The topological polar surface area (TPSA) is 69.6 Å². The highest BCUT2D eigenvalue weighted by atomic mass is 32.1. The largest absolute Gasteiger partial charge is 0.478 e. The first-order valence-electron chi connectivity index (χ1n) is 8.86. The van der Waals surface area contributed by atoms with Gasteiger partial charge in [0.1, 0.15) is 5.00 Å². The lowest BCUT2D eigenvalue weighted by Crippen LogP contribution is -2.34. The third kappa shape index (κ3) is 4.57. The number of nitrogens with one attached hydrogen (secondary N) is 1. The first-order valence-corrected chi connectivity index (χ1v) is 9.67. The lowest BCUT2D eigenvalue weighted by atomic mass is 9.88. The van der Waals surface area contributed by atoms with Crippen molar-refractivity contribution in [3.05, 3.63) is 16.0 Å². The number of nitrogens with zero attached hydrogens (tertiary/aromatic N) is 1. The van der Waals surface area contributed by atoms with Crippen LogP contribution in [0, 0.1) is 5.92 Å². The molecule has 1 amide bonds. The summed E-state index contributed by atoms with van der Waals surface area (Å²) in [6.45, 7) is 8.38. The van der Waals surface area contributed by atoms with E-state index in [-0.39, 0.29) is 5.91 Å². The Morgan fingerprint density at radius 2 is 2.12 bits per heavy atom. The van der Waals surface area contributed by atoms with E-state index in [0.29, 0.717) is 23.0 Å². The van der Waals surface area contributed by atoms with Gasteiger partial charge in [0.05, 0.1) is 12.1 Å². The average Bonchev–Trinajstić information content (AvgIpc) is 2.88. The third-order valence-electron chi connectivity index (χ3n) is 4.62. The summed E-state index contributed by atoms with van der Waals surface area (Å²) in [5.41, 5.74) is 1.24. The number of anilines is 1. The summed E-state index contributed by atoms with van der Waals surface area (Å²) in [6, 6.07) is 0. The highest BCUT2D eigenvalue weighted by Gasteiger charge is 2.28. The van der Waals surface area contributed by atoms with Crippen LogP contribution in [0.15, 0.2) is 0 Å². The molecule has 1 unspecified atom stereocenters. The number of carbonyl (C=O) groups excluding carboxylic acids is 1. The summed E-state index contributed by atoms with van der Waals surface area (Å²) < 4.78 is 0. The number of likely N-dealkylation sites (N-methyl/N-ethyl adjacent to an activating group) is 1. The van der Waals surface area contributed by atoms with Crippen LogP contribution in [-0.4, -0.2) is 41.5 Å². The predicted octanol–water partition coefficient (Wildman–Crippen LogP) is 3.63. The van der Waals surface area contributed by atoms with Gasteiger partial charge in [-0.05, 0) is 50.3 Å². The molecule has 1 aromatic rings. The second-order valence-corrected chi connectivity index (χ2v) is 7.74. The Morgan fingerprint density at radius 1 is 1.38 bits per heavy atom. The van der Waals surface area contributed by atoms with Gasteiger partial charge in [0.2, 0.25) is 5.91 Å². The number of aromatic carboxylic acids is 1. The number of fused-ring (bicyclic) bond motifs is 1. The van der Waals surface area contributed by atoms with Gasteiger partial charge in [0, 0.05) is 4.88 Å². The Morgan fingerprint density at radius 3 is 2.75 bits per heavy atom. The van der Waals surface area contributed by atoms with Gasteiger partial charge >= 0.3 is 5.97 Å². The zero-order chi connectivity index (χ0) is 17.7. The molecule has 1 aliphatic carbocycles. The molecule has 1 aliphatic rings. The third-order valence-corrected chi connectivity index (χ3v) is 5.79. The molecule has 1 heterocycles. The number of carbonyl (C=O) groups is 2. The molecule has 0 fully saturated rings. The normalized spacial score (nSPS) is 16.9. The van der Waals surface area contributed by atoms with Crippen molar-refractivity contribution in [3.63, 3.8) is 0 Å². The fourth-order valence-electron chi connectivity index (χ4n) is 3.17. The molecule has 24 heavy (non-hydrogen) atoms. The first kappa shape index (κ1) is 18.9. The predicted molar refractivity (Wildman–Crippen MR) is 98.1 cm³/mol. The SMILES string of the molecule is CCCCN(CC)CC(=O)Nc1sc2c(c1C(=O)O)CCC(C)C2. The average molecular weight is 353 g/mol. The smallest absolute Gasteiger partial charge is 0.339 e. The van der Waals surface area contributed by atoms with Crippen molar-refractivity contribution in [2.75, 3.05) is 25.0 Å². The summed E-state index contributed by atoms with van der Waals surface area (Å²) in [5.74, 6) is -0.483. The van der Waals surface area contributed by atoms with Gasteiger partial charge in [-0.15, -0.1) is 11.3 Å². The van der Waals surface area contributed by atoms with Crippen molar-refractivity contribution in [2.45, 2.75) is 52.9 Å². The van der Waals surface area contributed by atoms with Crippen LogP contribution in [0.4, 0.5) is 5.00 Å². The van der Waals surface area contributed by atoms with Gasteiger partial charge in [0.15, 0.2) is 0 Å². The standard InChI is InChI=1S/C18H28N2O3S/c1-4-6-9-20(5-2)11-15(21)19-17-16(18(22)23)13-8-7-12(3)10-14(13)24-17/h12H,4-11H2,1-3H3,(H,19,21)(H,22,23). The zero-order valence-electron chi connectivity index (χ0n) is 14.9. The molecule has 0 spiro atoms. The minimum atomic E-state index is -0.935. The number of amides is 1. The maximum atomic E-state index is 12.4. The van der Waals surface area contributed by atoms with E-state index in [2.05, 4.69) is 24.1 Å². The maximum Gasteiger partial charge on any atom is 0.339 e. The van der Waals surface area contributed by atoms with Crippen molar-refractivity contribution in [3.8, 4) is 0 Å². The molecule has 134 valence electrons. The van der Waals surface area contributed by atoms with Gasteiger partial charge in [-0.3, -0.25) is 9.69 Å². The van der Waals surface area contributed by atoms with E-state index < -0.39 is 5.97 Å². The number of hydrogen-bond donors (Lipinski definition) is 2. The van der Waals surface area contributed by atoms with Crippen molar-refractivity contribution >= 4 is 28.2 Å².